The van der Waals surface area contributed by atoms with Crippen LogP contribution in [-0.4, -0.2) is 15.6 Å². The van der Waals surface area contributed by atoms with Gasteiger partial charge in [-0.2, -0.15) is 0 Å². The molecule has 0 saturated heterocycles. The Bertz CT molecular complexity index is 522. The second-order valence-electron chi connectivity index (χ2n) is 3.58. The zero-order valence-electron chi connectivity index (χ0n) is 8.99. The predicted octanol–water partition coefficient (Wildman–Crippen LogP) is 1.96. The largest absolute Gasteiger partial charge is 0.409 e. The summed E-state index contributed by atoms with van der Waals surface area (Å²) >= 11 is 0. The minimum atomic E-state index is -0.642. The normalized spacial score (nSPS) is 13.6. The fourth-order valence-electron chi connectivity index (χ4n) is 1.74. The van der Waals surface area contributed by atoms with E-state index in [-0.39, 0.29) is 5.84 Å². The van der Waals surface area contributed by atoms with Crippen LogP contribution in [-0.2, 0) is 0 Å². The van der Waals surface area contributed by atoms with Crippen LogP contribution in [0.25, 0.3) is 0 Å². The molecular formula is C12H12FN3O. The lowest BCUT2D eigenvalue weighted by Gasteiger charge is -2.18. The van der Waals surface area contributed by atoms with Crippen LogP contribution in [0.5, 0.6) is 0 Å². The second-order valence-corrected chi connectivity index (χ2v) is 3.58. The van der Waals surface area contributed by atoms with Crippen molar-refractivity contribution >= 4 is 5.84 Å². The molecule has 2 rings (SSSR count). The van der Waals surface area contributed by atoms with Gasteiger partial charge in [0.25, 0.3) is 0 Å². The molecule has 4 nitrogen and oxygen atoms in total. The molecule has 0 spiro atoms. The van der Waals surface area contributed by atoms with Crippen molar-refractivity contribution in [3.05, 3.63) is 60.2 Å². The minimum absolute atomic E-state index is 0.0636. The molecule has 0 unspecified atom stereocenters. The van der Waals surface area contributed by atoms with Gasteiger partial charge in [0.05, 0.1) is 0 Å². The van der Waals surface area contributed by atoms with Crippen LogP contribution in [0.2, 0.25) is 0 Å². The highest BCUT2D eigenvalue weighted by molar-refractivity contribution is 5.86. The average molecular weight is 233 g/mol. The number of amidine groups is 1. The Morgan fingerprint density at radius 1 is 1.24 bits per heavy atom. The highest BCUT2D eigenvalue weighted by Crippen LogP contribution is 2.21. The number of hydrogen-bond acceptors (Lipinski definition) is 2. The zero-order chi connectivity index (χ0) is 12.3. The van der Waals surface area contributed by atoms with Gasteiger partial charge in [-0.05, 0) is 18.2 Å². The smallest absolute Gasteiger partial charge is 0.167 e. The van der Waals surface area contributed by atoms with Crippen LogP contribution >= 0.6 is 0 Å². The van der Waals surface area contributed by atoms with Crippen LogP contribution in [0, 0.1) is 5.82 Å². The maximum Gasteiger partial charge on any atom is 0.167 e. The van der Waals surface area contributed by atoms with Crippen molar-refractivity contribution in [2.45, 2.75) is 6.04 Å². The third kappa shape index (κ3) is 2.13. The van der Waals surface area contributed by atoms with Crippen LogP contribution in [0.1, 0.15) is 11.6 Å². The van der Waals surface area contributed by atoms with Crippen molar-refractivity contribution in [3.8, 4) is 0 Å². The molecule has 3 N–H and O–H groups in total. The van der Waals surface area contributed by atoms with Crippen molar-refractivity contribution < 1.29 is 9.60 Å². The van der Waals surface area contributed by atoms with Gasteiger partial charge in [0.15, 0.2) is 5.84 Å². The molecule has 17 heavy (non-hydrogen) atoms. The summed E-state index contributed by atoms with van der Waals surface area (Å²) in [5, 5.41) is 11.8. The summed E-state index contributed by atoms with van der Waals surface area (Å²) in [6.45, 7) is 0. The topological polar surface area (TPSA) is 63.5 Å². The van der Waals surface area contributed by atoms with Crippen molar-refractivity contribution in [2.24, 2.45) is 10.9 Å². The lowest BCUT2D eigenvalue weighted by molar-refractivity contribution is 0.315. The fourth-order valence-corrected chi connectivity index (χ4v) is 1.74. The van der Waals surface area contributed by atoms with Crippen molar-refractivity contribution in [1.82, 2.24) is 4.57 Å². The monoisotopic (exact) mass is 233 g/mol. The third-order valence-corrected chi connectivity index (χ3v) is 2.52. The van der Waals surface area contributed by atoms with E-state index in [9.17, 15) is 4.39 Å². The van der Waals surface area contributed by atoms with Crippen molar-refractivity contribution in [2.75, 3.05) is 0 Å². The van der Waals surface area contributed by atoms with E-state index < -0.39 is 11.9 Å². The van der Waals surface area contributed by atoms with Gasteiger partial charge in [-0.1, -0.05) is 23.4 Å². The Balaban J connectivity index is 2.52. The molecule has 0 bridgehead atoms. The van der Waals surface area contributed by atoms with Crippen LogP contribution < -0.4 is 5.73 Å². The van der Waals surface area contributed by atoms with Gasteiger partial charge in [-0.25, -0.2) is 4.39 Å². The Hall–Kier alpha value is -2.30. The summed E-state index contributed by atoms with van der Waals surface area (Å²) in [5.74, 6) is -0.455. The molecule has 0 aliphatic heterocycles. The van der Waals surface area contributed by atoms with E-state index in [0.29, 0.717) is 5.56 Å². The minimum Gasteiger partial charge on any atom is -0.409 e. The molecule has 0 fully saturated rings. The highest BCUT2D eigenvalue weighted by atomic mass is 19.1. The van der Waals surface area contributed by atoms with Gasteiger partial charge in [-0.3, -0.25) is 0 Å². The number of nitrogens with zero attached hydrogens (tertiary/aromatic N) is 2. The standard InChI is InChI=1S/C12H12FN3O/c13-10-6-2-1-5-9(10)11(12(14)15-17)16-7-3-4-8-16/h1-8,11,17H,(H2,14,15)/t11-/m0/s1. The van der Waals surface area contributed by atoms with E-state index in [4.69, 9.17) is 10.9 Å². The average Bonchev–Trinajstić information content (AvgIpc) is 2.85. The third-order valence-electron chi connectivity index (χ3n) is 2.52. The van der Waals surface area contributed by atoms with Gasteiger partial charge in [-0.15, -0.1) is 0 Å². The SMILES string of the molecule is NC(=NO)[C@H](c1ccccc1F)n1cccc1. The van der Waals surface area contributed by atoms with E-state index in [1.165, 1.54) is 6.07 Å². The van der Waals surface area contributed by atoms with E-state index in [1.54, 1.807) is 47.3 Å². The van der Waals surface area contributed by atoms with Gasteiger partial charge in [0, 0.05) is 18.0 Å². The number of aromatic nitrogens is 1. The maximum absolute atomic E-state index is 13.7. The second kappa shape index (κ2) is 4.69. The Morgan fingerprint density at radius 2 is 1.88 bits per heavy atom. The quantitative estimate of drug-likeness (QED) is 0.368. The summed E-state index contributed by atoms with van der Waals surface area (Å²) in [5.41, 5.74) is 5.98. The molecule has 0 amide bonds. The Labute approximate surface area is 97.8 Å². The lowest BCUT2D eigenvalue weighted by atomic mass is 10.1. The summed E-state index contributed by atoms with van der Waals surface area (Å²) < 4.78 is 15.4. The van der Waals surface area contributed by atoms with E-state index >= 15 is 0 Å². The molecule has 0 aliphatic rings. The first-order valence-electron chi connectivity index (χ1n) is 5.08. The molecule has 2 aromatic rings. The summed E-state index contributed by atoms with van der Waals surface area (Å²) in [6, 6.07) is 9.19. The molecule has 1 aromatic carbocycles. The maximum atomic E-state index is 13.7. The molecule has 0 radical (unpaired) electrons. The van der Waals surface area contributed by atoms with E-state index in [0.717, 1.165) is 0 Å². The van der Waals surface area contributed by atoms with Crippen LogP contribution in [0.3, 0.4) is 0 Å². The molecule has 1 aromatic heterocycles. The van der Waals surface area contributed by atoms with Gasteiger partial charge in [0.2, 0.25) is 0 Å². The number of rotatable bonds is 3. The molecule has 1 heterocycles. The molecule has 5 heteroatoms. The number of halogens is 1. The van der Waals surface area contributed by atoms with E-state index in [2.05, 4.69) is 5.16 Å². The summed E-state index contributed by atoms with van der Waals surface area (Å²) in [7, 11) is 0. The molecule has 1 atom stereocenters. The van der Waals surface area contributed by atoms with Gasteiger partial charge in [0.1, 0.15) is 11.9 Å². The Kier molecular flexibility index (Phi) is 3.09. The zero-order valence-corrected chi connectivity index (χ0v) is 8.99. The molecule has 0 saturated carbocycles. The molecular weight excluding hydrogens is 221 g/mol. The number of hydrogen-bond donors (Lipinski definition) is 2. The van der Waals surface area contributed by atoms with Gasteiger partial charge >= 0.3 is 0 Å². The number of benzene rings is 1. The number of oxime groups is 1. The first-order chi connectivity index (χ1) is 8.24. The summed E-state index contributed by atoms with van der Waals surface area (Å²) in [6.07, 6.45) is 3.46. The van der Waals surface area contributed by atoms with E-state index in [1.807, 2.05) is 0 Å². The van der Waals surface area contributed by atoms with Crippen LogP contribution in [0.4, 0.5) is 4.39 Å². The first-order valence-corrected chi connectivity index (χ1v) is 5.08. The Morgan fingerprint density at radius 3 is 2.47 bits per heavy atom. The van der Waals surface area contributed by atoms with Crippen LogP contribution in [0.15, 0.2) is 53.9 Å². The fraction of sp³-hybridized carbons (Fsp3) is 0.0833. The molecule has 0 aliphatic carbocycles. The summed E-state index contributed by atoms with van der Waals surface area (Å²) in [4.78, 5) is 0. The highest BCUT2D eigenvalue weighted by Gasteiger charge is 2.20. The van der Waals surface area contributed by atoms with Crippen molar-refractivity contribution in [1.29, 1.82) is 0 Å². The van der Waals surface area contributed by atoms with Crippen molar-refractivity contribution in [3.63, 3.8) is 0 Å². The first kappa shape index (κ1) is 11.2. The molecule has 88 valence electrons. The number of nitrogens with two attached hydrogens (primary N) is 1. The predicted molar refractivity (Wildman–Crippen MR) is 62.4 cm³/mol. The van der Waals surface area contributed by atoms with Gasteiger partial charge < -0.3 is 15.5 Å². The lowest BCUT2D eigenvalue weighted by Crippen LogP contribution is -2.28.